The molecule has 0 radical (unpaired) electrons. The number of allylic oxidation sites excluding steroid dienone is 2. The van der Waals surface area contributed by atoms with Crippen molar-refractivity contribution in [2.75, 3.05) is 0 Å². The van der Waals surface area contributed by atoms with Crippen molar-refractivity contribution < 1.29 is 34.0 Å². The molecule has 1 spiro atoms. The monoisotopic (exact) mass is 471 g/mol. The number of amides is 1. The first-order valence-electron chi connectivity index (χ1n) is 12.1. The predicted octanol–water partition coefficient (Wildman–Crippen LogP) is 2.74. The summed E-state index contributed by atoms with van der Waals surface area (Å²) in [6.07, 6.45) is 4.40. The normalized spacial score (nSPS) is 45.8. The van der Waals surface area contributed by atoms with Gasteiger partial charge in [-0.3, -0.25) is 9.59 Å². The number of hydrogen-bond acceptors (Lipinski definition) is 7. The van der Waals surface area contributed by atoms with Gasteiger partial charge in [-0.15, -0.1) is 0 Å². The molecule has 0 aromatic rings. The fraction of sp³-hybridized carbons (Fsp3) is 0.615. The maximum atomic E-state index is 13.4. The number of aliphatic hydroxyl groups excluding tert-OH is 2. The Bertz CT molecular complexity index is 1070. The quantitative estimate of drug-likeness (QED) is 0.542. The molecule has 2 fully saturated rings. The third kappa shape index (κ3) is 3.08. The maximum Gasteiger partial charge on any atom is 0.251 e. The highest BCUT2D eigenvalue weighted by Gasteiger charge is 2.65. The number of fused-ring (bicyclic) bond motifs is 1. The number of carbonyl (C=O) groups excluding carboxylic acids is 2. The van der Waals surface area contributed by atoms with Crippen molar-refractivity contribution in [3.63, 3.8) is 0 Å². The summed E-state index contributed by atoms with van der Waals surface area (Å²) >= 11 is 0. The summed E-state index contributed by atoms with van der Waals surface area (Å²) in [4.78, 5) is 26.3. The number of rotatable bonds is 3. The number of carbonyl (C=O) groups is 2. The molecule has 184 valence electrons. The fourth-order valence-electron chi connectivity index (χ4n) is 6.50. The van der Waals surface area contributed by atoms with E-state index >= 15 is 0 Å². The van der Waals surface area contributed by atoms with Gasteiger partial charge < -0.3 is 29.7 Å². The first-order chi connectivity index (χ1) is 16.0. The van der Waals surface area contributed by atoms with E-state index in [4.69, 9.17) is 14.2 Å². The second-order valence-electron chi connectivity index (χ2n) is 10.3. The van der Waals surface area contributed by atoms with Crippen LogP contribution in [0.15, 0.2) is 46.5 Å². The minimum absolute atomic E-state index is 0.139. The topological polar surface area (TPSA) is 114 Å². The Labute approximate surface area is 199 Å². The van der Waals surface area contributed by atoms with Gasteiger partial charge in [-0.05, 0) is 57.3 Å². The van der Waals surface area contributed by atoms with Crippen LogP contribution in [0.3, 0.4) is 0 Å². The van der Waals surface area contributed by atoms with Crippen molar-refractivity contribution in [2.45, 2.75) is 89.6 Å². The van der Waals surface area contributed by atoms with Crippen molar-refractivity contribution in [3.8, 4) is 0 Å². The van der Waals surface area contributed by atoms with E-state index in [0.29, 0.717) is 30.6 Å². The maximum absolute atomic E-state index is 13.4. The molecule has 8 heteroatoms. The van der Waals surface area contributed by atoms with Crippen LogP contribution in [0.5, 0.6) is 0 Å². The van der Waals surface area contributed by atoms with E-state index in [1.807, 2.05) is 33.8 Å². The van der Waals surface area contributed by atoms with Gasteiger partial charge in [0.05, 0.1) is 23.9 Å². The lowest BCUT2D eigenvalue weighted by Gasteiger charge is -2.44. The molecule has 8 atom stereocenters. The number of nitrogens with one attached hydrogen (secondary N) is 1. The first-order valence-corrected chi connectivity index (χ1v) is 12.1. The van der Waals surface area contributed by atoms with Gasteiger partial charge in [0, 0.05) is 18.4 Å². The van der Waals surface area contributed by atoms with Crippen LogP contribution in [-0.2, 0) is 23.8 Å². The average Bonchev–Trinajstić information content (AvgIpc) is 2.95. The highest BCUT2D eigenvalue weighted by atomic mass is 16.7. The molecule has 1 amide bonds. The van der Waals surface area contributed by atoms with Gasteiger partial charge in [0.1, 0.15) is 17.1 Å². The van der Waals surface area contributed by atoms with E-state index in [-0.39, 0.29) is 35.1 Å². The number of hydrogen-bond donors (Lipinski definition) is 3. The minimum atomic E-state index is -1.23. The summed E-state index contributed by atoms with van der Waals surface area (Å²) in [5, 5.41) is 24.3. The Hall–Kier alpha value is -2.42. The van der Waals surface area contributed by atoms with Crippen molar-refractivity contribution >= 4 is 11.7 Å². The lowest BCUT2D eigenvalue weighted by molar-refractivity contribution is -0.233. The summed E-state index contributed by atoms with van der Waals surface area (Å²) < 4.78 is 18.9. The SMILES string of the molecule is CC[C@@]12C=C(C)[C@@H]3[C@H](C)[C@H](O[C@H]4CC[C@@H](O)[C@@H](C)O4)C4=CC(=O)C=C(O1)[C@]43NC(=O)/C(C)=C\2O. The molecule has 5 aliphatic rings. The summed E-state index contributed by atoms with van der Waals surface area (Å²) in [6.45, 7) is 9.30. The molecule has 2 bridgehead atoms. The van der Waals surface area contributed by atoms with E-state index in [2.05, 4.69) is 5.32 Å². The lowest BCUT2D eigenvalue weighted by atomic mass is 9.74. The molecule has 3 aliphatic heterocycles. The summed E-state index contributed by atoms with van der Waals surface area (Å²) in [6, 6.07) is 0. The van der Waals surface area contributed by atoms with Crippen LogP contribution in [0.25, 0.3) is 0 Å². The standard InChI is InChI=1S/C26H33NO7/c1-6-25-11-12(2)21-13(3)22(33-20-8-7-18(29)15(5)32-20)17-9-16(28)10-19(34-25)26(17,21)27-24(31)14(4)23(25)30/h9-11,13,15,18,20-22,29-30H,6-8H2,1-5H3,(H,27,31)/b23-14+/t13-,15+,18+,20-,21+,22-,25-,26+/m0/s1. The molecular weight excluding hydrogens is 438 g/mol. The molecule has 0 aromatic carbocycles. The van der Waals surface area contributed by atoms with Crippen LogP contribution < -0.4 is 5.32 Å². The highest BCUT2D eigenvalue weighted by Crippen LogP contribution is 2.58. The molecule has 3 heterocycles. The summed E-state index contributed by atoms with van der Waals surface area (Å²) in [5.74, 6) is -0.875. The van der Waals surface area contributed by atoms with E-state index in [1.165, 1.54) is 6.08 Å². The van der Waals surface area contributed by atoms with Crippen LogP contribution >= 0.6 is 0 Å². The zero-order chi connectivity index (χ0) is 24.6. The number of ether oxygens (including phenoxy) is 3. The van der Waals surface area contributed by atoms with Crippen LogP contribution in [-0.4, -0.2) is 57.6 Å². The molecule has 1 saturated heterocycles. The third-order valence-electron chi connectivity index (χ3n) is 8.27. The van der Waals surface area contributed by atoms with Crippen molar-refractivity contribution in [2.24, 2.45) is 11.8 Å². The van der Waals surface area contributed by atoms with E-state index in [9.17, 15) is 19.8 Å². The van der Waals surface area contributed by atoms with Gasteiger partial charge in [-0.1, -0.05) is 19.4 Å². The fourth-order valence-corrected chi connectivity index (χ4v) is 6.50. The van der Waals surface area contributed by atoms with Crippen molar-refractivity contribution in [3.05, 3.63) is 46.5 Å². The average molecular weight is 472 g/mol. The zero-order valence-corrected chi connectivity index (χ0v) is 20.3. The van der Waals surface area contributed by atoms with Gasteiger partial charge in [0.25, 0.3) is 5.91 Å². The molecule has 34 heavy (non-hydrogen) atoms. The van der Waals surface area contributed by atoms with Gasteiger partial charge in [0.15, 0.2) is 17.7 Å². The Balaban J connectivity index is 1.66. The highest BCUT2D eigenvalue weighted by molar-refractivity contribution is 6.04. The third-order valence-corrected chi connectivity index (χ3v) is 8.27. The number of aliphatic hydroxyl groups is 2. The van der Waals surface area contributed by atoms with Crippen molar-refractivity contribution in [1.29, 1.82) is 0 Å². The molecule has 0 aromatic heterocycles. The van der Waals surface area contributed by atoms with Crippen LogP contribution in [0.4, 0.5) is 0 Å². The Kier molecular flexibility index (Phi) is 5.35. The van der Waals surface area contributed by atoms with Crippen LogP contribution in [0.1, 0.15) is 53.9 Å². The number of ketones is 1. The first kappa shape index (κ1) is 23.3. The molecule has 8 nitrogen and oxygen atoms in total. The molecular formula is C26H33NO7. The summed E-state index contributed by atoms with van der Waals surface area (Å²) in [7, 11) is 0. The predicted molar refractivity (Wildman–Crippen MR) is 122 cm³/mol. The van der Waals surface area contributed by atoms with Gasteiger partial charge in [0.2, 0.25) is 0 Å². The molecule has 2 aliphatic carbocycles. The zero-order valence-electron chi connectivity index (χ0n) is 20.3. The van der Waals surface area contributed by atoms with E-state index < -0.39 is 35.5 Å². The van der Waals surface area contributed by atoms with Gasteiger partial charge in [-0.2, -0.15) is 0 Å². The molecule has 0 unspecified atom stereocenters. The van der Waals surface area contributed by atoms with E-state index in [1.54, 1.807) is 13.0 Å². The minimum Gasteiger partial charge on any atom is -0.507 e. The van der Waals surface area contributed by atoms with Crippen LogP contribution in [0.2, 0.25) is 0 Å². The molecule has 3 N–H and O–H groups in total. The largest absolute Gasteiger partial charge is 0.507 e. The lowest BCUT2D eigenvalue weighted by Crippen LogP contribution is -2.58. The second-order valence-corrected chi connectivity index (χ2v) is 10.3. The summed E-state index contributed by atoms with van der Waals surface area (Å²) in [5.41, 5.74) is -0.567. The van der Waals surface area contributed by atoms with Crippen molar-refractivity contribution in [1.82, 2.24) is 5.32 Å². The van der Waals surface area contributed by atoms with Crippen LogP contribution in [0, 0.1) is 11.8 Å². The molecule has 1 saturated carbocycles. The Morgan fingerprint density at radius 1 is 1.21 bits per heavy atom. The van der Waals surface area contributed by atoms with E-state index in [0.717, 1.165) is 5.57 Å². The Morgan fingerprint density at radius 2 is 1.94 bits per heavy atom. The van der Waals surface area contributed by atoms with Gasteiger partial charge >= 0.3 is 0 Å². The van der Waals surface area contributed by atoms with Gasteiger partial charge in [-0.25, -0.2) is 0 Å². The Morgan fingerprint density at radius 3 is 2.62 bits per heavy atom. The smallest absolute Gasteiger partial charge is 0.251 e. The molecule has 5 rings (SSSR count). The second kappa shape index (κ2) is 7.80.